The number of guanidine groups is 1. The fourth-order valence-electron chi connectivity index (χ4n) is 3.11. The molecule has 1 heterocycles. The zero-order chi connectivity index (χ0) is 19.8. The molecule has 7 heteroatoms. The van der Waals surface area contributed by atoms with Gasteiger partial charge in [0.15, 0.2) is 5.96 Å². The molecule has 3 N–H and O–H groups in total. The highest BCUT2D eigenvalue weighted by Crippen LogP contribution is 2.16. The Labute approximate surface area is 171 Å². The van der Waals surface area contributed by atoms with Gasteiger partial charge in [-0.2, -0.15) is 0 Å². The van der Waals surface area contributed by atoms with Crippen molar-refractivity contribution in [2.24, 2.45) is 4.99 Å². The summed E-state index contributed by atoms with van der Waals surface area (Å²) in [6, 6.07) is 16.1. The van der Waals surface area contributed by atoms with E-state index in [1.165, 1.54) is 0 Å². The molecule has 1 fully saturated rings. The van der Waals surface area contributed by atoms with Gasteiger partial charge in [0, 0.05) is 43.9 Å². The highest BCUT2D eigenvalue weighted by Gasteiger charge is 2.16. The summed E-state index contributed by atoms with van der Waals surface area (Å²) in [6.07, 6.45) is 0.832. The van der Waals surface area contributed by atoms with Crippen LogP contribution in [0.15, 0.2) is 53.5 Å². The van der Waals surface area contributed by atoms with Crippen molar-refractivity contribution < 1.29 is 4.79 Å². The molecule has 148 valence electrons. The van der Waals surface area contributed by atoms with Crippen molar-refractivity contribution >= 4 is 29.2 Å². The van der Waals surface area contributed by atoms with Gasteiger partial charge in [0.25, 0.3) is 0 Å². The number of nitrogens with zero attached hydrogens (tertiary/aromatic N) is 2. The van der Waals surface area contributed by atoms with Gasteiger partial charge in [-0.3, -0.25) is 9.79 Å². The van der Waals surface area contributed by atoms with E-state index in [9.17, 15) is 4.79 Å². The van der Waals surface area contributed by atoms with Crippen molar-refractivity contribution in [2.75, 3.05) is 38.1 Å². The van der Waals surface area contributed by atoms with Crippen molar-refractivity contribution in [1.29, 1.82) is 0 Å². The Kier molecular flexibility index (Phi) is 7.14. The van der Waals surface area contributed by atoms with Gasteiger partial charge in [0.1, 0.15) is 0 Å². The SMILES string of the molecule is CN=C(NCCc1ccccc1Cl)NCc1ccc(N2CCNC(=O)C2)cc1. The van der Waals surface area contributed by atoms with Gasteiger partial charge >= 0.3 is 0 Å². The van der Waals surface area contributed by atoms with Crippen LogP contribution in [0.1, 0.15) is 11.1 Å². The minimum atomic E-state index is 0.0728. The number of hydrogen-bond donors (Lipinski definition) is 3. The van der Waals surface area contributed by atoms with E-state index in [1.54, 1.807) is 7.05 Å². The predicted molar refractivity (Wildman–Crippen MR) is 115 cm³/mol. The lowest BCUT2D eigenvalue weighted by atomic mass is 10.1. The van der Waals surface area contributed by atoms with Crippen LogP contribution in [0.5, 0.6) is 0 Å². The first kappa shape index (κ1) is 20.0. The number of carbonyl (C=O) groups excluding carboxylic acids is 1. The van der Waals surface area contributed by atoms with Gasteiger partial charge in [-0.15, -0.1) is 0 Å². The van der Waals surface area contributed by atoms with Gasteiger partial charge in [0.2, 0.25) is 5.91 Å². The lowest BCUT2D eigenvalue weighted by molar-refractivity contribution is -0.120. The van der Waals surface area contributed by atoms with Gasteiger partial charge in [0.05, 0.1) is 6.54 Å². The summed E-state index contributed by atoms with van der Waals surface area (Å²) >= 11 is 6.19. The first-order chi connectivity index (χ1) is 13.7. The van der Waals surface area contributed by atoms with Crippen LogP contribution in [0, 0.1) is 0 Å². The maximum Gasteiger partial charge on any atom is 0.239 e. The standard InChI is InChI=1S/C21H26ClN5O/c1-23-21(25-11-10-17-4-2-3-5-19(17)22)26-14-16-6-8-18(9-7-16)27-13-12-24-20(28)15-27/h2-9H,10-15H2,1H3,(H,24,28)(H2,23,25,26). The minimum Gasteiger partial charge on any atom is -0.360 e. The van der Waals surface area contributed by atoms with E-state index in [-0.39, 0.29) is 5.91 Å². The normalized spacial score (nSPS) is 14.6. The van der Waals surface area contributed by atoms with Crippen molar-refractivity contribution in [3.8, 4) is 0 Å². The van der Waals surface area contributed by atoms with Crippen molar-refractivity contribution in [3.05, 3.63) is 64.7 Å². The molecule has 0 radical (unpaired) electrons. The number of rotatable bonds is 6. The number of aliphatic imine (C=N–C) groups is 1. The topological polar surface area (TPSA) is 68.8 Å². The molecule has 0 unspecified atom stereocenters. The third-order valence-electron chi connectivity index (χ3n) is 4.67. The number of amides is 1. The summed E-state index contributed by atoms with van der Waals surface area (Å²) in [4.78, 5) is 17.9. The second-order valence-electron chi connectivity index (χ2n) is 6.63. The second-order valence-corrected chi connectivity index (χ2v) is 7.04. The lowest BCUT2D eigenvalue weighted by Gasteiger charge is -2.28. The zero-order valence-electron chi connectivity index (χ0n) is 16.0. The van der Waals surface area contributed by atoms with E-state index in [0.717, 1.165) is 47.3 Å². The first-order valence-corrected chi connectivity index (χ1v) is 9.82. The number of piperazine rings is 1. The van der Waals surface area contributed by atoms with E-state index in [0.29, 0.717) is 19.6 Å². The van der Waals surface area contributed by atoms with Crippen molar-refractivity contribution in [3.63, 3.8) is 0 Å². The van der Waals surface area contributed by atoms with Gasteiger partial charge in [-0.25, -0.2) is 0 Å². The maximum atomic E-state index is 11.5. The van der Waals surface area contributed by atoms with Crippen molar-refractivity contribution in [1.82, 2.24) is 16.0 Å². The van der Waals surface area contributed by atoms with E-state index >= 15 is 0 Å². The molecule has 28 heavy (non-hydrogen) atoms. The Bertz CT molecular complexity index is 822. The molecule has 0 aliphatic carbocycles. The molecule has 6 nitrogen and oxygen atoms in total. The molecular formula is C21H26ClN5O. The highest BCUT2D eigenvalue weighted by molar-refractivity contribution is 6.31. The van der Waals surface area contributed by atoms with Crippen LogP contribution in [-0.4, -0.2) is 45.1 Å². The molecular weight excluding hydrogens is 374 g/mol. The van der Waals surface area contributed by atoms with Crippen molar-refractivity contribution in [2.45, 2.75) is 13.0 Å². The Morgan fingerprint density at radius 3 is 2.68 bits per heavy atom. The molecule has 0 atom stereocenters. The number of hydrogen-bond acceptors (Lipinski definition) is 3. The van der Waals surface area contributed by atoms with E-state index < -0.39 is 0 Å². The molecule has 2 aromatic rings. The lowest BCUT2D eigenvalue weighted by Crippen LogP contribution is -2.47. The smallest absolute Gasteiger partial charge is 0.239 e. The first-order valence-electron chi connectivity index (χ1n) is 9.44. The molecule has 1 aliphatic rings. The molecule has 2 aromatic carbocycles. The Balaban J connectivity index is 1.45. The molecule has 0 bridgehead atoms. The number of carbonyl (C=O) groups is 1. The largest absolute Gasteiger partial charge is 0.360 e. The van der Waals surface area contributed by atoms with E-state index in [1.807, 2.05) is 24.3 Å². The molecule has 1 aliphatic heterocycles. The number of nitrogens with one attached hydrogen (secondary N) is 3. The third kappa shape index (κ3) is 5.63. The van der Waals surface area contributed by atoms with Gasteiger partial charge < -0.3 is 20.9 Å². The maximum absolute atomic E-state index is 11.5. The van der Waals surface area contributed by atoms with E-state index in [2.05, 4.69) is 50.1 Å². The number of halogens is 1. The van der Waals surface area contributed by atoms with Crippen LogP contribution in [-0.2, 0) is 17.8 Å². The fourth-order valence-corrected chi connectivity index (χ4v) is 3.34. The summed E-state index contributed by atoms with van der Waals surface area (Å²) in [6.45, 7) is 3.37. The molecule has 1 amide bonds. The summed E-state index contributed by atoms with van der Waals surface area (Å²) in [5.41, 5.74) is 3.34. The Morgan fingerprint density at radius 1 is 1.18 bits per heavy atom. The third-order valence-corrected chi connectivity index (χ3v) is 5.04. The quantitative estimate of drug-likeness (QED) is 0.514. The Hall–Kier alpha value is -2.73. The summed E-state index contributed by atoms with van der Waals surface area (Å²) in [5, 5.41) is 10.3. The summed E-state index contributed by atoms with van der Waals surface area (Å²) in [5.74, 6) is 0.826. The summed E-state index contributed by atoms with van der Waals surface area (Å²) in [7, 11) is 1.76. The van der Waals surface area contributed by atoms with Crippen LogP contribution in [0.4, 0.5) is 5.69 Å². The van der Waals surface area contributed by atoms with Crippen LogP contribution >= 0.6 is 11.6 Å². The number of anilines is 1. The highest BCUT2D eigenvalue weighted by atomic mass is 35.5. The fraction of sp³-hybridized carbons (Fsp3) is 0.333. The number of benzene rings is 2. The summed E-state index contributed by atoms with van der Waals surface area (Å²) < 4.78 is 0. The second kappa shape index (κ2) is 9.99. The average Bonchev–Trinajstić information content (AvgIpc) is 2.72. The predicted octanol–water partition coefficient (Wildman–Crippen LogP) is 2.18. The van der Waals surface area contributed by atoms with Gasteiger partial charge in [-0.1, -0.05) is 41.9 Å². The molecule has 0 saturated carbocycles. The monoisotopic (exact) mass is 399 g/mol. The zero-order valence-corrected chi connectivity index (χ0v) is 16.8. The molecule has 1 saturated heterocycles. The van der Waals surface area contributed by atoms with Crippen LogP contribution in [0.25, 0.3) is 0 Å². The average molecular weight is 400 g/mol. The minimum absolute atomic E-state index is 0.0728. The van der Waals surface area contributed by atoms with Crippen LogP contribution < -0.4 is 20.9 Å². The molecule has 3 rings (SSSR count). The van der Waals surface area contributed by atoms with Gasteiger partial charge in [-0.05, 0) is 35.7 Å². The van der Waals surface area contributed by atoms with Crippen LogP contribution in [0.3, 0.4) is 0 Å². The molecule has 0 spiro atoms. The van der Waals surface area contributed by atoms with Crippen LogP contribution in [0.2, 0.25) is 5.02 Å². The Morgan fingerprint density at radius 2 is 1.96 bits per heavy atom. The molecule has 0 aromatic heterocycles. The van der Waals surface area contributed by atoms with E-state index in [4.69, 9.17) is 11.6 Å².